The molecule has 0 saturated heterocycles. The van der Waals surface area contributed by atoms with Gasteiger partial charge in [-0.1, -0.05) is 6.42 Å². The molecule has 0 heterocycles. The van der Waals surface area contributed by atoms with Gasteiger partial charge >= 0.3 is 0 Å². The first-order valence-electron chi connectivity index (χ1n) is 6.35. The summed E-state index contributed by atoms with van der Waals surface area (Å²) in [4.78, 5) is 12.4. The summed E-state index contributed by atoms with van der Waals surface area (Å²) in [5.74, 6) is 0.418. The van der Waals surface area contributed by atoms with Crippen molar-refractivity contribution in [3.8, 4) is 0 Å². The Balaban J connectivity index is 2.24. The highest BCUT2D eigenvalue weighted by Crippen LogP contribution is 2.21. The largest absolute Gasteiger partial charge is 0.368 e. The van der Waals surface area contributed by atoms with Crippen molar-refractivity contribution in [2.24, 2.45) is 5.73 Å². The van der Waals surface area contributed by atoms with Gasteiger partial charge < -0.3 is 11.1 Å². The lowest BCUT2D eigenvalue weighted by Crippen LogP contribution is -2.51. The van der Waals surface area contributed by atoms with Crippen molar-refractivity contribution in [1.29, 1.82) is 0 Å². The van der Waals surface area contributed by atoms with Gasteiger partial charge in [0.25, 0.3) is 0 Å². The number of halogens is 1. The molecular formula is C14H21FN2OS. The molecule has 0 bridgehead atoms. The van der Waals surface area contributed by atoms with Crippen molar-refractivity contribution in [1.82, 2.24) is 5.32 Å². The molecule has 1 aromatic rings. The lowest BCUT2D eigenvalue weighted by molar-refractivity contribution is -0.123. The van der Waals surface area contributed by atoms with Gasteiger partial charge in [0.1, 0.15) is 5.82 Å². The Morgan fingerprint density at radius 3 is 2.53 bits per heavy atom. The number of amides is 1. The molecule has 0 aromatic heterocycles. The topological polar surface area (TPSA) is 55.1 Å². The van der Waals surface area contributed by atoms with E-state index >= 15 is 0 Å². The van der Waals surface area contributed by atoms with Crippen LogP contribution < -0.4 is 11.1 Å². The molecule has 5 heteroatoms. The van der Waals surface area contributed by atoms with Crippen LogP contribution in [-0.4, -0.2) is 24.2 Å². The Kier molecular flexibility index (Phi) is 6.31. The van der Waals surface area contributed by atoms with Gasteiger partial charge in [0.2, 0.25) is 5.91 Å². The maximum atomic E-state index is 12.7. The van der Waals surface area contributed by atoms with Crippen LogP contribution in [0.4, 0.5) is 4.39 Å². The Labute approximate surface area is 118 Å². The number of nitrogens with two attached hydrogens (primary N) is 1. The molecule has 3 N–H and O–H groups in total. The fourth-order valence-electron chi connectivity index (χ4n) is 1.67. The molecule has 0 spiro atoms. The van der Waals surface area contributed by atoms with E-state index in [9.17, 15) is 9.18 Å². The fourth-order valence-corrected chi connectivity index (χ4v) is 2.59. The SMILES string of the molecule is CNC(C)(CCCCSc1ccc(F)cc1)C(N)=O. The Morgan fingerprint density at radius 2 is 2.00 bits per heavy atom. The van der Waals surface area contributed by atoms with E-state index < -0.39 is 5.54 Å². The molecule has 106 valence electrons. The van der Waals surface area contributed by atoms with Gasteiger partial charge in [-0.05, 0) is 56.8 Å². The summed E-state index contributed by atoms with van der Waals surface area (Å²) in [6.07, 6.45) is 2.64. The van der Waals surface area contributed by atoms with Crippen molar-refractivity contribution in [2.75, 3.05) is 12.8 Å². The minimum Gasteiger partial charge on any atom is -0.368 e. The number of benzene rings is 1. The molecule has 0 aliphatic rings. The van der Waals surface area contributed by atoms with Crippen molar-refractivity contribution in [2.45, 2.75) is 36.6 Å². The third-order valence-electron chi connectivity index (χ3n) is 3.25. The second-order valence-electron chi connectivity index (χ2n) is 4.71. The standard InChI is InChI=1S/C14H21FN2OS/c1-14(17-2,13(16)18)9-3-4-10-19-12-7-5-11(15)6-8-12/h5-8,17H,3-4,9-10H2,1-2H3,(H2,16,18). The second kappa shape index (κ2) is 7.50. The summed E-state index contributed by atoms with van der Waals surface area (Å²) in [5, 5.41) is 2.97. The number of thioether (sulfide) groups is 1. The number of primary amides is 1. The highest BCUT2D eigenvalue weighted by Gasteiger charge is 2.27. The van der Waals surface area contributed by atoms with Crippen LogP contribution in [-0.2, 0) is 4.79 Å². The Morgan fingerprint density at radius 1 is 1.37 bits per heavy atom. The number of rotatable bonds is 8. The Bertz CT molecular complexity index is 410. The first-order valence-corrected chi connectivity index (χ1v) is 7.34. The molecule has 0 aliphatic carbocycles. The van der Waals surface area contributed by atoms with Crippen LogP contribution in [0.25, 0.3) is 0 Å². The van der Waals surface area contributed by atoms with Gasteiger partial charge in [0.05, 0.1) is 5.54 Å². The van der Waals surface area contributed by atoms with Crippen LogP contribution in [0, 0.1) is 5.82 Å². The summed E-state index contributed by atoms with van der Waals surface area (Å²) in [6, 6.07) is 6.49. The monoisotopic (exact) mass is 284 g/mol. The van der Waals surface area contributed by atoms with Gasteiger partial charge in [-0.2, -0.15) is 0 Å². The quantitative estimate of drug-likeness (QED) is 0.570. The van der Waals surface area contributed by atoms with E-state index in [-0.39, 0.29) is 11.7 Å². The number of hydrogen-bond donors (Lipinski definition) is 2. The second-order valence-corrected chi connectivity index (χ2v) is 5.87. The average Bonchev–Trinajstić information content (AvgIpc) is 2.40. The zero-order valence-electron chi connectivity index (χ0n) is 11.4. The van der Waals surface area contributed by atoms with Crippen LogP contribution >= 0.6 is 11.8 Å². The minimum atomic E-state index is -0.624. The van der Waals surface area contributed by atoms with E-state index in [4.69, 9.17) is 5.73 Å². The summed E-state index contributed by atoms with van der Waals surface area (Å²) in [6.45, 7) is 1.82. The van der Waals surface area contributed by atoms with Crippen LogP contribution in [0.15, 0.2) is 29.2 Å². The lowest BCUT2D eigenvalue weighted by Gasteiger charge is -2.25. The molecule has 0 radical (unpaired) electrons. The normalized spacial score (nSPS) is 14.1. The van der Waals surface area contributed by atoms with E-state index in [0.717, 1.165) is 29.9 Å². The number of hydrogen-bond acceptors (Lipinski definition) is 3. The van der Waals surface area contributed by atoms with Crippen molar-refractivity contribution in [3.05, 3.63) is 30.1 Å². The molecule has 3 nitrogen and oxygen atoms in total. The molecule has 0 saturated carbocycles. The van der Waals surface area contributed by atoms with E-state index in [1.807, 2.05) is 6.92 Å². The molecule has 0 fully saturated rings. The van der Waals surface area contributed by atoms with Crippen molar-refractivity contribution >= 4 is 17.7 Å². The molecule has 1 rings (SSSR count). The maximum Gasteiger partial charge on any atom is 0.237 e. The first kappa shape index (κ1) is 16.0. The highest BCUT2D eigenvalue weighted by atomic mass is 32.2. The van der Waals surface area contributed by atoms with Crippen LogP contribution in [0.2, 0.25) is 0 Å². The van der Waals surface area contributed by atoms with E-state index in [1.54, 1.807) is 30.9 Å². The predicted octanol–water partition coefficient (Wildman–Crippen LogP) is 2.55. The van der Waals surface area contributed by atoms with Gasteiger partial charge in [-0.15, -0.1) is 11.8 Å². The van der Waals surface area contributed by atoms with Gasteiger partial charge in [0, 0.05) is 4.90 Å². The lowest BCUT2D eigenvalue weighted by atomic mass is 9.94. The molecule has 1 amide bonds. The summed E-state index contributed by atoms with van der Waals surface area (Å²) >= 11 is 1.69. The number of unbranched alkanes of at least 4 members (excludes halogenated alkanes) is 1. The number of carbonyl (C=O) groups excluding carboxylic acids is 1. The zero-order chi connectivity index (χ0) is 14.3. The molecule has 19 heavy (non-hydrogen) atoms. The van der Waals surface area contributed by atoms with Crippen LogP contribution in [0.5, 0.6) is 0 Å². The predicted molar refractivity (Wildman–Crippen MR) is 77.6 cm³/mol. The van der Waals surface area contributed by atoms with Gasteiger partial charge in [-0.25, -0.2) is 4.39 Å². The molecule has 1 unspecified atom stereocenters. The first-order chi connectivity index (χ1) is 8.98. The Hall–Kier alpha value is -1.07. The van der Waals surface area contributed by atoms with E-state index in [2.05, 4.69) is 5.32 Å². The van der Waals surface area contributed by atoms with Crippen LogP contribution in [0.1, 0.15) is 26.2 Å². The van der Waals surface area contributed by atoms with E-state index in [1.165, 1.54) is 12.1 Å². The zero-order valence-corrected chi connectivity index (χ0v) is 12.2. The van der Waals surface area contributed by atoms with Gasteiger partial charge in [-0.3, -0.25) is 4.79 Å². The highest BCUT2D eigenvalue weighted by molar-refractivity contribution is 7.99. The van der Waals surface area contributed by atoms with E-state index in [0.29, 0.717) is 0 Å². The summed E-state index contributed by atoms with van der Waals surface area (Å²) < 4.78 is 12.7. The van der Waals surface area contributed by atoms with Crippen LogP contribution in [0.3, 0.4) is 0 Å². The van der Waals surface area contributed by atoms with Gasteiger partial charge in [0.15, 0.2) is 0 Å². The number of nitrogens with one attached hydrogen (secondary N) is 1. The smallest absolute Gasteiger partial charge is 0.237 e. The average molecular weight is 284 g/mol. The molecular weight excluding hydrogens is 263 g/mol. The summed E-state index contributed by atoms with van der Waals surface area (Å²) in [7, 11) is 1.75. The molecule has 1 aromatic carbocycles. The number of likely N-dealkylation sites (N-methyl/N-ethyl adjacent to an activating group) is 1. The van der Waals surface area contributed by atoms with Crippen molar-refractivity contribution in [3.63, 3.8) is 0 Å². The fraction of sp³-hybridized carbons (Fsp3) is 0.500. The molecule has 1 atom stereocenters. The summed E-state index contributed by atoms with van der Waals surface area (Å²) in [5.41, 5.74) is 4.73. The third kappa shape index (κ3) is 5.20. The minimum absolute atomic E-state index is 0.212. The third-order valence-corrected chi connectivity index (χ3v) is 4.35. The number of carbonyl (C=O) groups is 1. The maximum absolute atomic E-state index is 12.7. The molecule has 0 aliphatic heterocycles. The van der Waals surface area contributed by atoms with Crippen molar-refractivity contribution < 1.29 is 9.18 Å².